The van der Waals surface area contributed by atoms with Crippen LogP contribution in [0.15, 0.2) is 48.8 Å². The van der Waals surface area contributed by atoms with Gasteiger partial charge in [-0.3, -0.25) is 14.6 Å². The lowest BCUT2D eigenvalue weighted by Crippen LogP contribution is -2.11. The summed E-state index contributed by atoms with van der Waals surface area (Å²) in [4.78, 5) is 27.1. The summed E-state index contributed by atoms with van der Waals surface area (Å²) in [6.07, 6.45) is 3.43. The first kappa shape index (κ1) is 13.0. The molecule has 0 saturated carbocycles. The van der Waals surface area contributed by atoms with Crippen molar-refractivity contribution in [1.29, 1.82) is 0 Å². The van der Waals surface area contributed by atoms with Gasteiger partial charge in [-0.1, -0.05) is 18.2 Å². The number of pyridine rings is 1. The molecule has 0 unspecified atom stereocenters. The van der Waals surface area contributed by atoms with Gasteiger partial charge in [0.1, 0.15) is 0 Å². The Morgan fingerprint density at radius 2 is 1.79 bits per heavy atom. The molecule has 0 fully saturated rings. The maximum atomic E-state index is 12.1. The Morgan fingerprint density at radius 3 is 2.47 bits per heavy atom. The van der Waals surface area contributed by atoms with E-state index >= 15 is 0 Å². The Labute approximate surface area is 111 Å². The minimum atomic E-state index is -0.149. The van der Waals surface area contributed by atoms with E-state index in [1.54, 1.807) is 30.6 Å². The van der Waals surface area contributed by atoms with Crippen molar-refractivity contribution in [1.82, 2.24) is 4.98 Å². The lowest BCUT2D eigenvalue weighted by atomic mass is 10.0. The van der Waals surface area contributed by atoms with Crippen LogP contribution in [0.2, 0.25) is 0 Å². The van der Waals surface area contributed by atoms with E-state index in [2.05, 4.69) is 10.3 Å². The van der Waals surface area contributed by atoms with Gasteiger partial charge in [0, 0.05) is 37.0 Å². The monoisotopic (exact) mass is 254 g/mol. The van der Waals surface area contributed by atoms with E-state index in [1.165, 1.54) is 6.92 Å². The normalized spacial score (nSPS) is 9.95. The minimum Gasteiger partial charge on any atom is -0.326 e. The average Bonchev–Trinajstić information content (AvgIpc) is 2.41. The van der Waals surface area contributed by atoms with Crippen LogP contribution in [0.3, 0.4) is 0 Å². The highest BCUT2D eigenvalue weighted by molar-refractivity contribution is 5.99. The molecule has 96 valence electrons. The Balaban J connectivity index is 2.19. The smallest absolute Gasteiger partial charge is 0.221 e. The number of aromatic nitrogens is 1. The molecule has 4 heteroatoms. The summed E-state index contributed by atoms with van der Waals surface area (Å²) in [7, 11) is 0. The molecule has 1 aromatic carbocycles. The number of benzene rings is 1. The topological polar surface area (TPSA) is 59.1 Å². The van der Waals surface area contributed by atoms with Crippen molar-refractivity contribution in [2.24, 2.45) is 0 Å². The zero-order valence-corrected chi connectivity index (χ0v) is 10.6. The maximum Gasteiger partial charge on any atom is 0.221 e. The van der Waals surface area contributed by atoms with Crippen LogP contribution < -0.4 is 5.32 Å². The minimum absolute atomic E-state index is 0.000187. The van der Waals surface area contributed by atoms with Crippen LogP contribution >= 0.6 is 0 Å². The number of hydrogen-bond acceptors (Lipinski definition) is 3. The van der Waals surface area contributed by atoms with Gasteiger partial charge in [0.15, 0.2) is 5.78 Å². The molecule has 19 heavy (non-hydrogen) atoms. The standard InChI is InChI=1S/C15H14N2O2/c1-11(18)17-14-5-3-2-4-13(14)10-15(19)12-6-8-16-9-7-12/h2-9H,10H2,1H3,(H,17,18). The van der Waals surface area contributed by atoms with Crippen LogP contribution in [0, 0.1) is 0 Å². The summed E-state index contributed by atoms with van der Waals surface area (Å²) >= 11 is 0. The second kappa shape index (κ2) is 5.91. The highest BCUT2D eigenvalue weighted by atomic mass is 16.1. The van der Waals surface area contributed by atoms with Gasteiger partial charge in [0.05, 0.1) is 0 Å². The molecule has 1 N–H and O–H groups in total. The number of rotatable bonds is 4. The van der Waals surface area contributed by atoms with Crippen molar-refractivity contribution in [2.45, 2.75) is 13.3 Å². The molecule has 2 aromatic rings. The van der Waals surface area contributed by atoms with Crippen molar-refractivity contribution in [3.8, 4) is 0 Å². The lowest BCUT2D eigenvalue weighted by molar-refractivity contribution is -0.114. The number of carbonyl (C=O) groups excluding carboxylic acids is 2. The summed E-state index contributed by atoms with van der Waals surface area (Å²) in [5.74, 6) is -0.149. The highest BCUT2D eigenvalue weighted by Gasteiger charge is 2.10. The summed E-state index contributed by atoms with van der Waals surface area (Å²) < 4.78 is 0. The van der Waals surface area contributed by atoms with Gasteiger partial charge in [0.25, 0.3) is 0 Å². The second-order valence-electron chi connectivity index (χ2n) is 4.17. The highest BCUT2D eigenvalue weighted by Crippen LogP contribution is 2.17. The number of ketones is 1. The molecule has 0 saturated heterocycles. The number of carbonyl (C=O) groups is 2. The molecule has 0 spiro atoms. The fourth-order valence-electron chi connectivity index (χ4n) is 1.80. The van der Waals surface area contributed by atoms with Crippen molar-refractivity contribution in [3.63, 3.8) is 0 Å². The van der Waals surface area contributed by atoms with Crippen LogP contribution in [0.4, 0.5) is 5.69 Å². The van der Waals surface area contributed by atoms with Crippen molar-refractivity contribution >= 4 is 17.4 Å². The molecule has 1 heterocycles. The molecule has 0 aliphatic carbocycles. The van der Waals surface area contributed by atoms with Crippen LogP contribution in [-0.4, -0.2) is 16.7 Å². The molecule has 1 amide bonds. The quantitative estimate of drug-likeness (QED) is 0.853. The average molecular weight is 254 g/mol. The predicted octanol–water partition coefficient (Wildman–Crippen LogP) is 2.47. The SMILES string of the molecule is CC(=O)Nc1ccccc1CC(=O)c1ccncc1. The Kier molecular flexibility index (Phi) is 4.03. The largest absolute Gasteiger partial charge is 0.326 e. The number of para-hydroxylation sites is 1. The number of nitrogens with zero attached hydrogens (tertiary/aromatic N) is 1. The van der Waals surface area contributed by atoms with Gasteiger partial charge in [-0.25, -0.2) is 0 Å². The Hall–Kier alpha value is -2.49. The van der Waals surface area contributed by atoms with E-state index in [1.807, 2.05) is 18.2 Å². The number of hydrogen-bond donors (Lipinski definition) is 1. The fraction of sp³-hybridized carbons (Fsp3) is 0.133. The number of amides is 1. The van der Waals surface area contributed by atoms with Gasteiger partial charge < -0.3 is 5.32 Å². The van der Waals surface area contributed by atoms with E-state index in [9.17, 15) is 9.59 Å². The first-order valence-electron chi connectivity index (χ1n) is 5.95. The summed E-state index contributed by atoms with van der Waals surface area (Å²) in [6, 6.07) is 10.7. The third-order valence-electron chi connectivity index (χ3n) is 2.68. The summed E-state index contributed by atoms with van der Waals surface area (Å²) in [6.45, 7) is 1.45. The first-order valence-corrected chi connectivity index (χ1v) is 5.95. The van der Waals surface area contributed by atoms with E-state index in [-0.39, 0.29) is 18.1 Å². The van der Waals surface area contributed by atoms with Gasteiger partial charge in [-0.05, 0) is 23.8 Å². The van der Waals surface area contributed by atoms with Crippen LogP contribution in [-0.2, 0) is 11.2 Å². The molecule has 2 rings (SSSR count). The van der Waals surface area contributed by atoms with E-state index in [0.29, 0.717) is 11.3 Å². The van der Waals surface area contributed by atoms with Crippen LogP contribution in [0.5, 0.6) is 0 Å². The third-order valence-corrected chi connectivity index (χ3v) is 2.68. The molecule has 1 aromatic heterocycles. The first-order chi connectivity index (χ1) is 9.16. The molecule has 0 aliphatic heterocycles. The van der Waals surface area contributed by atoms with Crippen LogP contribution in [0.25, 0.3) is 0 Å². The second-order valence-corrected chi connectivity index (χ2v) is 4.17. The molecular weight excluding hydrogens is 240 g/mol. The van der Waals surface area contributed by atoms with Crippen molar-refractivity contribution < 1.29 is 9.59 Å². The molecule has 0 bridgehead atoms. The van der Waals surface area contributed by atoms with E-state index in [4.69, 9.17) is 0 Å². The zero-order chi connectivity index (χ0) is 13.7. The van der Waals surface area contributed by atoms with Gasteiger partial charge >= 0.3 is 0 Å². The molecule has 4 nitrogen and oxygen atoms in total. The zero-order valence-electron chi connectivity index (χ0n) is 10.6. The van der Waals surface area contributed by atoms with Crippen LogP contribution in [0.1, 0.15) is 22.8 Å². The number of nitrogens with one attached hydrogen (secondary N) is 1. The predicted molar refractivity (Wildman–Crippen MR) is 73.0 cm³/mol. The summed E-state index contributed by atoms with van der Waals surface area (Å²) in [5, 5.41) is 2.73. The lowest BCUT2D eigenvalue weighted by Gasteiger charge is -2.09. The number of anilines is 1. The van der Waals surface area contributed by atoms with Gasteiger partial charge in [-0.2, -0.15) is 0 Å². The van der Waals surface area contributed by atoms with Crippen molar-refractivity contribution in [3.05, 3.63) is 59.9 Å². The van der Waals surface area contributed by atoms with Gasteiger partial charge in [-0.15, -0.1) is 0 Å². The van der Waals surface area contributed by atoms with E-state index in [0.717, 1.165) is 5.56 Å². The molecular formula is C15H14N2O2. The Bertz CT molecular complexity index is 594. The third kappa shape index (κ3) is 3.48. The Morgan fingerprint density at radius 1 is 1.11 bits per heavy atom. The maximum absolute atomic E-state index is 12.1. The van der Waals surface area contributed by atoms with Crippen molar-refractivity contribution in [2.75, 3.05) is 5.32 Å². The van der Waals surface area contributed by atoms with E-state index < -0.39 is 0 Å². The summed E-state index contributed by atoms with van der Waals surface area (Å²) in [5.41, 5.74) is 2.10. The van der Waals surface area contributed by atoms with Gasteiger partial charge in [0.2, 0.25) is 5.91 Å². The number of Topliss-reactive ketones (excluding diaryl/α,β-unsaturated/α-hetero) is 1. The fourth-order valence-corrected chi connectivity index (χ4v) is 1.80. The molecule has 0 aliphatic rings. The molecule has 0 atom stereocenters. The molecule has 0 radical (unpaired) electrons.